The molecule has 0 bridgehead atoms. The standard InChI is InChI=1S/C10H13NO3S/c12-9-3-4-10-8(6-9)2-1-5-11(10)7-15(13)14/h3-4,6,12H,1-2,5,7H2,(H,13,14). The molecule has 1 aromatic rings. The van der Waals surface area contributed by atoms with Crippen molar-refractivity contribution in [1.82, 2.24) is 0 Å². The summed E-state index contributed by atoms with van der Waals surface area (Å²) in [5.74, 6) is 0.387. The summed E-state index contributed by atoms with van der Waals surface area (Å²) in [5.41, 5.74) is 2.01. The maximum atomic E-state index is 10.8. The summed E-state index contributed by atoms with van der Waals surface area (Å²) in [5, 5.41) is 9.33. The number of phenolic OH excluding ortho intramolecular Hbond substituents is 1. The minimum absolute atomic E-state index is 0.137. The predicted octanol–water partition coefficient (Wildman–Crippen LogP) is 1.32. The average molecular weight is 227 g/mol. The predicted molar refractivity (Wildman–Crippen MR) is 59.4 cm³/mol. The summed E-state index contributed by atoms with van der Waals surface area (Å²) in [6, 6.07) is 5.13. The lowest BCUT2D eigenvalue weighted by molar-refractivity contribution is 0.474. The third kappa shape index (κ3) is 2.30. The van der Waals surface area contributed by atoms with E-state index >= 15 is 0 Å². The molecule has 1 heterocycles. The van der Waals surface area contributed by atoms with Gasteiger partial charge in [-0.15, -0.1) is 0 Å². The number of fused-ring (bicyclic) bond motifs is 1. The average Bonchev–Trinajstić information content (AvgIpc) is 2.16. The zero-order chi connectivity index (χ0) is 10.8. The Bertz CT molecular complexity index is 394. The van der Waals surface area contributed by atoms with Crippen LogP contribution in [0.15, 0.2) is 18.2 Å². The highest BCUT2D eigenvalue weighted by atomic mass is 32.2. The van der Waals surface area contributed by atoms with Crippen molar-refractivity contribution in [2.45, 2.75) is 12.8 Å². The Kier molecular flexibility index (Phi) is 2.93. The molecule has 0 fully saturated rings. The number of benzene rings is 1. The molecule has 1 aromatic carbocycles. The van der Waals surface area contributed by atoms with Gasteiger partial charge in [-0.25, -0.2) is 4.21 Å². The quantitative estimate of drug-likeness (QED) is 0.748. The van der Waals surface area contributed by atoms with E-state index in [0.29, 0.717) is 0 Å². The maximum Gasteiger partial charge on any atom is 0.173 e. The van der Waals surface area contributed by atoms with E-state index in [-0.39, 0.29) is 11.6 Å². The van der Waals surface area contributed by atoms with Gasteiger partial charge >= 0.3 is 0 Å². The van der Waals surface area contributed by atoms with Crippen LogP contribution in [0.3, 0.4) is 0 Å². The highest BCUT2D eigenvalue weighted by Gasteiger charge is 2.18. The summed E-state index contributed by atoms with van der Waals surface area (Å²) in [4.78, 5) is 1.88. The van der Waals surface area contributed by atoms with Crippen LogP contribution in [0.25, 0.3) is 0 Å². The Morgan fingerprint density at radius 1 is 1.47 bits per heavy atom. The number of anilines is 1. The molecule has 1 atom stereocenters. The van der Waals surface area contributed by atoms with Crippen molar-refractivity contribution >= 4 is 16.8 Å². The highest BCUT2D eigenvalue weighted by molar-refractivity contribution is 7.79. The number of phenols is 1. The third-order valence-corrected chi connectivity index (χ3v) is 3.08. The molecule has 0 aliphatic carbocycles. The number of aryl methyl sites for hydroxylation is 1. The van der Waals surface area contributed by atoms with Gasteiger partial charge in [-0.1, -0.05) is 0 Å². The minimum atomic E-state index is -1.81. The number of hydrogen-bond donors (Lipinski definition) is 2. The van der Waals surface area contributed by atoms with Crippen LogP contribution < -0.4 is 4.90 Å². The number of rotatable bonds is 2. The molecule has 1 unspecified atom stereocenters. The summed E-state index contributed by atoms with van der Waals surface area (Å²) in [7, 11) is 0. The topological polar surface area (TPSA) is 60.8 Å². The Morgan fingerprint density at radius 2 is 2.27 bits per heavy atom. The number of nitrogens with zero attached hydrogens (tertiary/aromatic N) is 1. The number of hydrogen-bond acceptors (Lipinski definition) is 3. The van der Waals surface area contributed by atoms with Crippen molar-refractivity contribution in [2.75, 3.05) is 17.3 Å². The van der Waals surface area contributed by atoms with Crippen LogP contribution in [0, 0.1) is 0 Å². The smallest absolute Gasteiger partial charge is 0.173 e. The van der Waals surface area contributed by atoms with Gasteiger partial charge in [0, 0.05) is 12.2 Å². The molecule has 0 aromatic heterocycles. The van der Waals surface area contributed by atoms with Crippen molar-refractivity contribution in [1.29, 1.82) is 0 Å². The second kappa shape index (κ2) is 4.20. The second-order valence-corrected chi connectivity index (χ2v) is 4.53. The van der Waals surface area contributed by atoms with Gasteiger partial charge in [0.25, 0.3) is 0 Å². The monoisotopic (exact) mass is 227 g/mol. The Hall–Kier alpha value is -1.07. The Morgan fingerprint density at radius 3 is 3.00 bits per heavy atom. The van der Waals surface area contributed by atoms with Gasteiger partial charge in [-0.05, 0) is 36.6 Å². The van der Waals surface area contributed by atoms with Crippen LogP contribution in [0.1, 0.15) is 12.0 Å². The first-order valence-corrected chi connectivity index (χ1v) is 6.09. The van der Waals surface area contributed by atoms with E-state index < -0.39 is 11.1 Å². The first kappa shape index (κ1) is 10.4. The van der Waals surface area contributed by atoms with E-state index in [4.69, 9.17) is 4.55 Å². The Balaban J connectivity index is 2.30. The van der Waals surface area contributed by atoms with E-state index in [1.165, 1.54) is 0 Å². The fraction of sp³-hybridized carbons (Fsp3) is 0.400. The van der Waals surface area contributed by atoms with Crippen LogP contribution in [0.2, 0.25) is 0 Å². The van der Waals surface area contributed by atoms with Gasteiger partial charge in [0.15, 0.2) is 11.1 Å². The van der Waals surface area contributed by atoms with Crippen LogP contribution in [-0.4, -0.2) is 26.3 Å². The molecule has 0 radical (unpaired) electrons. The molecule has 82 valence electrons. The molecule has 0 spiro atoms. The summed E-state index contributed by atoms with van der Waals surface area (Å²) >= 11 is -1.81. The lowest BCUT2D eigenvalue weighted by Gasteiger charge is -2.29. The van der Waals surface area contributed by atoms with Crippen molar-refractivity contribution < 1.29 is 13.9 Å². The lowest BCUT2D eigenvalue weighted by atomic mass is 10.0. The van der Waals surface area contributed by atoms with Gasteiger partial charge in [-0.2, -0.15) is 0 Å². The first-order valence-electron chi connectivity index (χ1n) is 4.81. The van der Waals surface area contributed by atoms with Crippen LogP contribution in [-0.2, 0) is 17.5 Å². The molecule has 5 heteroatoms. The molecule has 4 nitrogen and oxygen atoms in total. The van der Waals surface area contributed by atoms with E-state index in [0.717, 1.165) is 30.6 Å². The third-order valence-electron chi connectivity index (χ3n) is 2.54. The summed E-state index contributed by atoms with van der Waals surface area (Å²) in [6.07, 6.45) is 1.87. The minimum Gasteiger partial charge on any atom is -0.508 e. The molecule has 2 N–H and O–H groups in total. The van der Waals surface area contributed by atoms with Crippen LogP contribution in [0.5, 0.6) is 5.75 Å². The highest BCUT2D eigenvalue weighted by Crippen LogP contribution is 2.29. The summed E-state index contributed by atoms with van der Waals surface area (Å²) < 4.78 is 19.6. The zero-order valence-corrected chi connectivity index (χ0v) is 9.04. The van der Waals surface area contributed by atoms with E-state index in [9.17, 15) is 9.32 Å². The van der Waals surface area contributed by atoms with Gasteiger partial charge in [0.05, 0.1) is 0 Å². The van der Waals surface area contributed by atoms with Gasteiger partial charge in [0.1, 0.15) is 11.6 Å². The van der Waals surface area contributed by atoms with Crippen molar-refractivity contribution in [3.63, 3.8) is 0 Å². The molecule has 0 amide bonds. The van der Waals surface area contributed by atoms with Crippen LogP contribution >= 0.6 is 0 Å². The summed E-state index contributed by atoms with van der Waals surface area (Å²) in [6.45, 7) is 0.796. The normalized spacial score (nSPS) is 17.3. The molecule has 0 saturated heterocycles. The second-order valence-electron chi connectivity index (χ2n) is 3.63. The van der Waals surface area contributed by atoms with Crippen molar-refractivity contribution in [2.24, 2.45) is 0 Å². The van der Waals surface area contributed by atoms with E-state index in [1.54, 1.807) is 18.2 Å². The lowest BCUT2D eigenvalue weighted by Crippen LogP contribution is -2.32. The molecule has 0 saturated carbocycles. The van der Waals surface area contributed by atoms with Crippen molar-refractivity contribution in [3.05, 3.63) is 23.8 Å². The maximum absolute atomic E-state index is 10.8. The molecule has 1 aliphatic rings. The van der Waals surface area contributed by atoms with E-state index in [2.05, 4.69) is 0 Å². The molecular weight excluding hydrogens is 214 g/mol. The molecule has 2 rings (SSSR count). The van der Waals surface area contributed by atoms with Gasteiger partial charge < -0.3 is 14.6 Å². The molecule has 15 heavy (non-hydrogen) atoms. The van der Waals surface area contributed by atoms with Gasteiger partial charge in [-0.3, -0.25) is 0 Å². The fourth-order valence-corrected chi connectivity index (χ4v) is 2.46. The molecule has 1 aliphatic heterocycles. The SMILES string of the molecule is O=S(O)CN1CCCc2cc(O)ccc21. The first-order chi connectivity index (χ1) is 7.16. The van der Waals surface area contributed by atoms with Gasteiger partial charge in [0.2, 0.25) is 0 Å². The fourth-order valence-electron chi connectivity index (χ4n) is 1.93. The van der Waals surface area contributed by atoms with E-state index in [1.807, 2.05) is 4.90 Å². The van der Waals surface area contributed by atoms with Crippen LogP contribution in [0.4, 0.5) is 5.69 Å². The Labute approximate surface area is 90.8 Å². The van der Waals surface area contributed by atoms with Crippen molar-refractivity contribution in [3.8, 4) is 5.75 Å². The molecular formula is C10H13NO3S. The largest absolute Gasteiger partial charge is 0.508 e. The zero-order valence-electron chi connectivity index (χ0n) is 8.22. The number of aromatic hydroxyl groups is 1.